The lowest BCUT2D eigenvalue weighted by atomic mass is 9.75. The first-order chi connectivity index (χ1) is 13.0. The quantitative estimate of drug-likeness (QED) is 0.718. The highest BCUT2D eigenvalue weighted by atomic mass is 35.5. The number of hydrogen-bond donors (Lipinski definition) is 1. The summed E-state index contributed by atoms with van der Waals surface area (Å²) in [5.41, 5.74) is 2.78. The van der Waals surface area contributed by atoms with Crippen LogP contribution in [0.25, 0.3) is 0 Å². The van der Waals surface area contributed by atoms with Gasteiger partial charge in [-0.1, -0.05) is 42.5 Å². The van der Waals surface area contributed by atoms with Crippen LogP contribution < -0.4 is 5.32 Å². The lowest BCUT2D eigenvalue weighted by molar-refractivity contribution is -0.165. The molecule has 0 aromatic heterocycles. The van der Waals surface area contributed by atoms with Crippen molar-refractivity contribution >= 4 is 30.0 Å². The molecular formula is C22H27ClN2O3. The van der Waals surface area contributed by atoms with Crippen LogP contribution in [0.4, 0.5) is 5.69 Å². The van der Waals surface area contributed by atoms with Crippen molar-refractivity contribution in [3.05, 3.63) is 65.7 Å². The maximum Gasteiger partial charge on any atom is 0.314 e. The molecule has 1 aliphatic rings. The van der Waals surface area contributed by atoms with Crippen LogP contribution >= 0.6 is 12.4 Å². The lowest BCUT2D eigenvalue weighted by Crippen LogP contribution is -2.60. The number of rotatable bonds is 7. The van der Waals surface area contributed by atoms with Gasteiger partial charge in [0.1, 0.15) is 0 Å². The number of nitrogens with one attached hydrogen (secondary N) is 1. The fourth-order valence-electron chi connectivity index (χ4n) is 3.71. The summed E-state index contributed by atoms with van der Waals surface area (Å²) in [4.78, 5) is 25.7. The Morgan fingerprint density at radius 3 is 2.25 bits per heavy atom. The Morgan fingerprint density at radius 1 is 1.04 bits per heavy atom. The van der Waals surface area contributed by atoms with E-state index in [-0.39, 0.29) is 24.3 Å². The molecule has 1 aliphatic heterocycles. The zero-order valence-corrected chi connectivity index (χ0v) is 17.1. The topological polar surface area (TPSA) is 58.6 Å². The van der Waals surface area contributed by atoms with Gasteiger partial charge in [0.05, 0.1) is 12.5 Å². The molecule has 6 heteroatoms. The molecule has 2 aromatic rings. The first-order valence-electron chi connectivity index (χ1n) is 9.22. The largest absolute Gasteiger partial charge is 0.469 e. The Kier molecular flexibility index (Phi) is 7.61. The smallest absolute Gasteiger partial charge is 0.314 e. The molecule has 0 atom stereocenters. The highest BCUT2D eigenvalue weighted by molar-refractivity contribution is 5.88. The summed E-state index contributed by atoms with van der Waals surface area (Å²) in [6, 6.07) is 18.1. The Hall–Kier alpha value is -2.37. The van der Waals surface area contributed by atoms with Gasteiger partial charge >= 0.3 is 5.97 Å². The third-order valence-corrected chi connectivity index (χ3v) is 5.09. The molecule has 0 saturated carbocycles. The summed E-state index contributed by atoms with van der Waals surface area (Å²) in [6.07, 6.45) is 1.66. The molecule has 1 N–H and O–H groups in total. The number of benzene rings is 2. The molecule has 0 bridgehead atoms. The number of ether oxygens (including phenoxy) is 1. The van der Waals surface area contributed by atoms with Crippen LogP contribution in [0.2, 0.25) is 0 Å². The van der Waals surface area contributed by atoms with Gasteiger partial charge in [0.2, 0.25) is 5.91 Å². The van der Waals surface area contributed by atoms with Crippen LogP contribution in [-0.4, -0.2) is 37.0 Å². The summed E-state index contributed by atoms with van der Waals surface area (Å²) in [5.74, 6) is -0.192. The molecule has 1 fully saturated rings. The van der Waals surface area contributed by atoms with E-state index >= 15 is 0 Å². The lowest BCUT2D eigenvalue weighted by Gasteiger charge is -2.48. The van der Waals surface area contributed by atoms with E-state index in [0.29, 0.717) is 13.1 Å². The number of nitrogens with zero attached hydrogens (tertiary/aromatic N) is 1. The normalized spacial score (nSPS) is 15.1. The Bertz CT molecular complexity index is 787. The summed E-state index contributed by atoms with van der Waals surface area (Å²) in [6.45, 7) is 3.69. The average Bonchev–Trinajstić information content (AvgIpc) is 2.64. The predicted molar refractivity (Wildman–Crippen MR) is 112 cm³/mol. The van der Waals surface area contributed by atoms with Gasteiger partial charge in [-0.3, -0.25) is 14.5 Å². The van der Waals surface area contributed by atoms with E-state index in [1.54, 1.807) is 0 Å². The summed E-state index contributed by atoms with van der Waals surface area (Å²) in [5, 5.41) is 2.77. The predicted octanol–water partition coefficient (Wildman–Crippen LogP) is 3.67. The first kappa shape index (κ1) is 21.9. The number of aryl methyl sites for hydroxylation is 1. The maximum atomic E-state index is 12.4. The van der Waals surface area contributed by atoms with Gasteiger partial charge in [-0.25, -0.2) is 0 Å². The standard InChI is InChI=1S/C22H26N2O3.ClH/c1-17(25)23-20-10-8-19(9-11-20)14-24-15-22(16-24,21(26)27-2)13-12-18-6-4-3-5-7-18;/h3-11H,12-16H2,1-2H3,(H,23,25);1H. The van der Waals surface area contributed by atoms with Crippen LogP contribution in [0.5, 0.6) is 0 Å². The molecule has 28 heavy (non-hydrogen) atoms. The van der Waals surface area contributed by atoms with Crippen molar-refractivity contribution in [2.24, 2.45) is 5.41 Å². The second kappa shape index (κ2) is 9.71. The third kappa shape index (κ3) is 5.33. The average molecular weight is 403 g/mol. The molecule has 0 radical (unpaired) electrons. The molecule has 3 rings (SSSR count). The van der Waals surface area contributed by atoms with Crippen molar-refractivity contribution in [2.45, 2.75) is 26.3 Å². The number of methoxy groups -OCH3 is 1. The SMILES string of the molecule is COC(=O)C1(CCc2ccccc2)CN(Cc2ccc(NC(C)=O)cc2)C1.Cl. The molecule has 0 spiro atoms. The van der Waals surface area contributed by atoms with E-state index in [9.17, 15) is 9.59 Å². The molecular weight excluding hydrogens is 376 g/mol. The number of carbonyl (C=O) groups is 2. The Morgan fingerprint density at radius 2 is 1.68 bits per heavy atom. The minimum absolute atomic E-state index is 0. The first-order valence-corrected chi connectivity index (χ1v) is 9.22. The number of carbonyl (C=O) groups excluding carboxylic acids is 2. The molecule has 0 aliphatic carbocycles. The van der Waals surface area contributed by atoms with Crippen LogP contribution in [0, 0.1) is 5.41 Å². The van der Waals surface area contributed by atoms with Gasteiger partial charge in [0.15, 0.2) is 0 Å². The van der Waals surface area contributed by atoms with Crippen LogP contribution in [0.1, 0.15) is 24.5 Å². The summed E-state index contributed by atoms with van der Waals surface area (Å²) in [7, 11) is 1.47. The van der Waals surface area contributed by atoms with Gasteiger partial charge in [0, 0.05) is 32.2 Å². The molecule has 1 saturated heterocycles. The molecule has 5 nitrogen and oxygen atoms in total. The van der Waals surface area contributed by atoms with E-state index in [1.165, 1.54) is 19.6 Å². The summed E-state index contributed by atoms with van der Waals surface area (Å²) < 4.78 is 5.09. The molecule has 0 unspecified atom stereocenters. The fourth-order valence-corrected chi connectivity index (χ4v) is 3.71. The van der Waals surface area contributed by atoms with E-state index in [0.717, 1.165) is 30.6 Å². The monoisotopic (exact) mass is 402 g/mol. The van der Waals surface area contributed by atoms with Crippen molar-refractivity contribution in [3.8, 4) is 0 Å². The number of anilines is 1. The zero-order chi connectivity index (χ0) is 19.3. The van der Waals surface area contributed by atoms with Crippen LogP contribution in [0.15, 0.2) is 54.6 Å². The van der Waals surface area contributed by atoms with E-state index in [1.807, 2.05) is 42.5 Å². The van der Waals surface area contributed by atoms with Gasteiger partial charge in [-0.05, 0) is 36.1 Å². The van der Waals surface area contributed by atoms with Crippen molar-refractivity contribution in [3.63, 3.8) is 0 Å². The molecule has 2 aromatic carbocycles. The summed E-state index contributed by atoms with van der Waals surface area (Å²) >= 11 is 0. The number of amides is 1. The van der Waals surface area contributed by atoms with Gasteiger partial charge < -0.3 is 10.1 Å². The minimum Gasteiger partial charge on any atom is -0.469 e. The van der Waals surface area contributed by atoms with Crippen molar-refractivity contribution in [1.82, 2.24) is 4.90 Å². The van der Waals surface area contributed by atoms with E-state index < -0.39 is 5.41 Å². The fraction of sp³-hybridized carbons (Fsp3) is 0.364. The molecule has 1 amide bonds. The second-order valence-corrected chi connectivity index (χ2v) is 7.28. The van der Waals surface area contributed by atoms with Crippen LogP contribution in [-0.2, 0) is 27.3 Å². The van der Waals surface area contributed by atoms with Crippen molar-refractivity contribution in [1.29, 1.82) is 0 Å². The van der Waals surface area contributed by atoms with Gasteiger partial charge in [-0.15, -0.1) is 12.4 Å². The number of hydrogen-bond acceptors (Lipinski definition) is 4. The minimum atomic E-state index is -0.416. The molecule has 1 heterocycles. The van der Waals surface area contributed by atoms with Gasteiger partial charge in [0.25, 0.3) is 0 Å². The Balaban J connectivity index is 0.00000280. The number of likely N-dealkylation sites (tertiary alicyclic amines) is 1. The Labute approximate surface area is 172 Å². The van der Waals surface area contributed by atoms with Crippen molar-refractivity contribution < 1.29 is 14.3 Å². The highest BCUT2D eigenvalue weighted by Gasteiger charge is 2.49. The van der Waals surface area contributed by atoms with E-state index in [4.69, 9.17) is 4.74 Å². The number of esters is 1. The zero-order valence-electron chi connectivity index (χ0n) is 16.3. The molecule has 150 valence electrons. The second-order valence-electron chi connectivity index (χ2n) is 7.28. The van der Waals surface area contributed by atoms with E-state index in [2.05, 4.69) is 22.3 Å². The third-order valence-electron chi connectivity index (χ3n) is 5.09. The van der Waals surface area contributed by atoms with Crippen LogP contribution in [0.3, 0.4) is 0 Å². The number of halogens is 1. The highest BCUT2D eigenvalue weighted by Crippen LogP contribution is 2.37. The van der Waals surface area contributed by atoms with Crippen molar-refractivity contribution in [2.75, 3.05) is 25.5 Å². The maximum absolute atomic E-state index is 12.4. The van der Waals surface area contributed by atoms with Gasteiger partial charge in [-0.2, -0.15) is 0 Å².